The second-order valence-electron chi connectivity index (χ2n) is 5.01. The zero-order valence-corrected chi connectivity index (χ0v) is 14.1. The van der Waals surface area contributed by atoms with Gasteiger partial charge in [-0.25, -0.2) is 0 Å². The molecule has 0 aliphatic carbocycles. The maximum Gasteiger partial charge on any atom is 0.202 e. The molecule has 0 saturated carbocycles. The zero-order chi connectivity index (χ0) is 16.2. The van der Waals surface area contributed by atoms with E-state index in [0.717, 1.165) is 14.7 Å². The van der Waals surface area contributed by atoms with Gasteiger partial charge in [0.1, 0.15) is 0 Å². The van der Waals surface area contributed by atoms with Crippen LogP contribution in [0, 0.1) is 0 Å². The van der Waals surface area contributed by atoms with Crippen molar-refractivity contribution in [1.29, 1.82) is 0 Å². The van der Waals surface area contributed by atoms with Crippen LogP contribution >= 0.6 is 23.1 Å². The summed E-state index contributed by atoms with van der Waals surface area (Å²) in [6, 6.07) is 18.9. The van der Waals surface area contributed by atoms with Crippen molar-refractivity contribution in [1.82, 2.24) is 0 Å². The molecular weight excluding hydrogens is 324 g/mol. The van der Waals surface area contributed by atoms with Crippen LogP contribution in [-0.4, -0.2) is 11.6 Å². The van der Waals surface area contributed by atoms with E-state index in [2.05, 4.69) is 0 Å². The third-order valence-corrected chi connectivity index (χ3v) is 5.24. The molecule has 0 N–H and O–H groups in total. The Hall–Kier alpha value is -2.17. The van der Waals surface area contributed by atoms with E-state index in [0.29, 0.717) is 11.1 Å². The maximum absolute atomic E-state index is 12.3. The molecule has 114 valence electrons. The molecule has 3 rings (SSSR count). The van der Waals surface area contributed by atoms with E-state index < -0.39 is 0 Å². The maximum atomic E-state index is 12.3. The summed E-state index contributed by atoms with van der Waals surface area (Å²) in [6.45, 7) is 1.56. The fourth-order valence-electron chi connectivity index (χ4n) is 2.12. The number of benzene rings is 2. The van der Waals surface area contributed by atoms with Gasteiger partial charge < -0.3 is 0 Å². The van der Waals surface area contributed by atoms with Gasteiger partial charge in [-0.1, -0.05) is 30.0 Å². The molecular formula is C19H14O2S2. The molecule has 0 atom stereocenters. The lowest BCUT2D eigenvalue weighted by molar-refractivity contribution is 0.101. The van der Waals surface area contributed by atoms with Crippen LogP contribution in [0.4, 0.5) is 0 Å². The molecule has 2 aromatic carbocycles. The van der Waals surface area contributed by atoms with Crippen molar-refractivity contribution < 1.29 is 9.59 Å². The molecule has 1 heterocycles. The molecule has 0 aliphatic heterocycles. The van der Waals surface area contributed by atoms with Gasteiger partial charge in [0.25, 0.3) is 0 Å². The standard InChI is InChI=1S/C19H14O2S2/c1-13(20)14-4-8-16(9-5-14)23-17-10-6-15(7-11-17)19(21)18-3-2-12-22-18/h2-12H,1H3. The third kappa shape index (κ3) is 3.78. The first kappa shape index (κ1) is 15.7. The molecule has 0 spiro atoms. The molecule has 3 aromatic rings. The fraction of sp³-hybridized carbons (Fsp3) is 0.0526. The lowest BCUT2D eigenvalue weighted by atomic mass is 10.1. The van der Waals surface area contributed by atoms with Crippen LogP contribution in [0.15, 0.2) is 75.8 Å². The highest BCUT2D eigenvalue weighted by Crippen LogP contribution is 2.28. The Balaban J connectivity index is 1.72. The molecule has 4 heteroatoms. The molecule has 0 fully saturated rings. The van der Waals surface area contributed by atoms with Crippen LogP contribution in [0.3, 0.4) is 0 Å². The van der Waals surface area contributed by atoms with Gasteiger partial charge >= 0.3 is 0 Å². The summed E-state index contributed by atoms with van der Waals surface area (Å²) in [7, 11) is 0. The van der Waals surface area contributed by atoms with Crippen molar-refractivity contribution in [2.45, 2.75) is 16.7 Å². The fourth-order valence-corrected chi connectivity index (χ4v) is 3.62. The number of carbonyl (C=O) groups is 2. The number of Topliss-reactive ketones (excluding diaryl/α,β-unsaturated/α-hetero) is 1. The van der Waals surface area contributed by atoms with Crippen LogP contribution in [0.2, 0.25) is 0 Å². The first-order valence-electron chi connectivity index (χ1n) is 7.10. The Bertz CT molecular complexity index is 817. The zero-order valence-electron chi connectivity index (χ0n) is 12.5. The minimum Gasteiger partial charge on any atom is -0.295 e. The highest BCUT2D eigenvalue weighted by atomic mass is 32.2. The van der Waals surface area contributed by atoms with Crippen LogP contribution in [0.1, 0.15) is 32.5 Å². The van der Waals surface area contributed by atoms with Crippen LogP contribution in [0.5, 0.6) is 0 Å². The molecule has 0 saturated heterocycles. The lowest BCUT2D eigenvalue weighted by Crippen LogP contribution is -1.97. The van der Waals surface area contributed by atoms with Crippen LogP contribution in [0.25, 0.3) is 0 Å². The quantitative estimate of drug-likeness (QED) is 0.589. The number of thiophene rings is 1. The minimum absolute atomic E-state index is 0.0577. The first-order valence-corrected chi connectivity index (χ1v) is 8.80. The predicted molar refractivity (Wildman–Crippen MR) is 94.8 cm³/mol. The Morgan fingerprint density at radius 3 is 1.87 bits per heavy atom. The summed E-state index contributed by atoms with van der Waals surface area (Å²) in [4.78, 5) is 26.4. The molecule has 0 bridgehead atoms. The number of rotatable bonds is 5. The largest absolute Gasteiger partial charge is 0.295 e. The summed E-state index contributed by atoms with van der Waals surface area (Å²) in [5.74, 6) is 0.125. The molecule has 0 unspecified atom stereocenters. The van der Waals surface area contributed by atoms with Crippen molar-refractivity contribution in [2.24, 2.45) is 0 Å². The SMILES string of the molecule is CC(=O)c1ccc(Sc2ccc(C(=O)c3cccs3)cc2)cc1. The Labute approximate surface area is 143 Å². The number of hydrogen-bond acceptors (Lipinski definition) is 4. The lowest BCUT2D eigenvalue weighted by Gasteiger charge is -2.04. The van der Waals surface area contributed by atoms with Crippen molar-refractivity contribution in [3.05, 3.63) is 82.0 Å². The van der Waals surface area contributed by atoms with Crippen molar-refractivity contribution in [3.63, 3.8) is 0 Å². The van der Waals surface area contributed by atoms with E-state index in [1.807, 2.05) is 66.0 Å². The summed E-state index contributed by atoms with van der Waals surface area (Å²) in [6.07, 6.45) is 0. The van der Waals surface area contributed by atoms with Gasteiger partial charge in [0.2, 0.25) is 5.78 Å². The molecule has 0 aliphatic rings. The monoisotopic (exact) mass is 338 g/mol. The summed E-state index contributed by atoms with van der Waals surface area (Å²) in [5, 5.41) is 1.90. The van der Waals surface area contributed by atoms with Gasteiger partial charge in [-0.15, -0.1) is 11.3 Å². The van der Waals surface area contributed by atoms with E-state index in [4.69, 9.17) is 0 Å². The smallest absolute Gasteiger partial charge is 0.202 e. The normalized spacial score (nSPS) is 10.5. The highest BCUT2D eigenvalue weighted by molar-refractivity contribution is 7.99. The van der Waals surface area contributed by atoms with Gasteiger partial charge in [-0.2, -0.15) is 0 Å². The van der Waals surface area contributed by atoms with E-state index in [1.165, 1.54) is 11.3 Å². The second kappa shape index (κ2) is 6.94. The molecule has 2 nitrogen and oxygen atoms in total. The second-order valence-corrected chi connectivity index (χ2v) is 7.11. The Morgan fingerprint density at radius 1 is 0.826 bits per heavy atom. The summed E-state index contributed by atoms with van der Waals surface area (Å²) < 4.78 is 0. The van der Waals surface area contributed by atoms with Gasteiger partial charge in [-0.3, -0.25) is 9.59 Å². The van der Waals surface area contributed by atoms with Crippen molar-refractivity contribution in [3.8, 4) is 0 Å². The Kier molecular flexibility index (Phi) is 4.74. The summed E-state index contributed by atoms with van der Waals surface area (Å²) >= 11 is 3.06. The summed E-state index contributed by atoms with van der Waals surface area (Å²) in [5.41, 5.74) is 1.41. The average molecular weight is 338 g/mol. The Morgan fingerprint density at radius 2 is 1.39 bits per heavy atom. The van der Waals surface area contributed by atoms with Gasteiger partial charge in [0, 0.05) is 20.9 Å². The van der Waals surface area contributed by atoms with E-state index in [9.17, 15) is 9.59 Å². The van der Waals surface area contributed by atoms with Gasteiger partial charge in [0.15, 0.2) is 5.78 Å². The van der Waals surface area contributed by atoms with Gasteiger partial charge in [-0.05, 0) is 54.8 Å². The number of hydrogen-bond donors (Lipinski definition) is 0. The van der Waals surface area contributed by atoms with Crippen LogP contribution in [-0.2, 0) is 0 Å². The molecule has 23 heavy (non-hydrogen) atoms. The van der Waals surface area contributed by atoms with E-state index in [1.54, 1.807) is 18.7 Å². The molecule has 0 amide bonds. The molecule has 1 aromatic heterocycles. The number of ketones is 2. The van der Waals surface area contributed by atoms with Crippen molar-refractivity contribution >= 4 is 34.7 Å². The minimum atomic E-state index is 0.0577. The van der Waals surface area contributed by atoms with Gasteiger partial charge in [0.05, 0.1) is 4.88 Å². The predicted octanol–water partition coefficient (Wildman–Crippen LogP) is 5.33. The van der Waals surface area contributed by atoms with E-state index >= 15 is 0 Å². The van der Waals surface area contributed by atoms with Crippen LogP contribution < -0.4 is 0 Å². The van der Waals surface area contributed by atoms with Crippen molar-refractivity contribution in [2.75, 3.05) is 0 Å². The third-order valence-electron chi connectivity index (χ3n) is 3.36. The average Bonchev–Trinajstić information content (AvgIpc) is 3.10. The first-order chi connectivity index (χ1) is 11.1. The van der Waals surface area contributed by atoms with E-state index in [-0.39, 0.29) is 11.6 Å². The highest BCUT2D eigenvalue weighted by Gasteiger charge is 2.09. The molecule has 0 radical (unpaired) electrons. The topological polar surface area (TPSA) is 34.1 Å². The number of carbonyl (C=O) groups excluding carboxylic acids is 2.